The summed E-state index contributed by atoms with van der Waals surface area (Å²) in [5.74, 6) is 0. The molecule has 1 atom stereocenters. The lowest BCUT2D eigenvalue weighted by Crippen LogP contribution is -2.24. The SMILES string of the molecule is CCCc1ccc(C(C)NOC2CCCC2)cc1. The minimum atomic E-state index is 0.265. The zero-order chi connectivity index (χ0) is 12.8. The summed E-state index contributed by atoms with van der Waals surface area (Å²) in [4.78, 5) is 5.75. The van der Waals surface area contributed by atoms with Crippen molar-refractivity contribution in [1.82, 2.24) is 5.48 Å². The van der Waals surface area contributed by atoms with Gasteiger partial charge in [-0.15, -0.1) is 0 Å². The number of rotatable bonds is 6. The van der Waals surface area contributed by atoms with Crippen molar-refractivity contribution in [3.05, 3.63) is 35.4 Å². The molecule has 0 aliphatic heterocycles. The van der Waals surface area contributed by atoms with Crippen LogP contribution in [0.25, 0.3) is 0 Å². The number of nitrogens with one attached hydrogen (secondary N) is 1. The second-order valence-corrected chi connectivity index (χ2v) is 5.36. The van der Waals surface area contributed by atoms with Gasteiger partial charge in [0, 0.05) is 0 Å². The van der Waals surface area contributed by atoms with Crippen LogP contribution in [0.4, 0.5) is 0 Å². The molecule has 1 fully saturated rings. The molecule has 0 spiro atoms. The van der Waals surface area contributed by atoms with Crippen molar-refractivity contribution in [2.24, 2.45) is 0 Å². The zero-order valence-electron chi connectivity index (χ0n) is 11.6. The fourth-order valence-electron chi connectivity index (χ4n) is 2.53. The van der Waals surface area contributed by atoms with E-state index in [4.69, 9.17) is 4.84 Å². The molecule has 0 saturated heterocycles. The van der Waals surface area contributed by atoms with Gasteiger partial charge in [-0.25, -0.2) is 0 Å². The van der Waals surface area contributed by atoms with Crippen LogP contribution in [0.15, 0.2) is 24.3 Å². The molecule has 1 aromatic carbocycles. The van der Waals surface area contributed by atoms with Gasteiger partial charge in [-0.2, -0.15) is 5.48 Å². The van der Waals surface area contributed by atoms with Crippen LogP contribution in [-0.4, -0.2) is 6.10 Å². The first-order valence-corrected chi connectivity index (χ1v) is 7.29. The Morgan fingerprint density at radius 3 is 2.50 bits per heavy atom. The summed E-state index contributed by atoms with van der Waals surface area (Å²) in [6.07, 6.45) is 7.83. The second kappa shape index (κ2) is 6.91. The van der Waals surface area contributed by atoms with E-state index < -0.39 is 0 Å². The molecule has 18 heavy (non-hydrogen) atoms. The minimum absolute atomic E-state index is 0.265. The monoisotopic (exact) mass is 247 g/mol. The van der Waals surface area contributed by atoms with Gasteiger partial charge in [0.15, 0.2) is 0 Å². The van der Waals surface area contributed by atoms with Gasteiger partial charge in [0.25, 0.3) is 0 Å². The number of hydroxylamine groups is 1. The first-order chi connectivity index (χ1) is 8.79. The second-order valence-electron chi connectivity index (χ2n) is 5.36. The Balaban J connectivity index is 1.81. The Hall–Kier alpha value is -0.860. The Bertz CT molecular complexity index is 341. The van der Waals surface area contributed by atoms with Crippen LogP contribution >= 0.6 is 0 Å². The molecule has 2 nitrogen and oxygen atoms in total. The third kappa shape index (κ3) is 3.82. The van der Waals surface area contributed by atoms with E-state index in [0.29, 0.717) is 6.10 Å². The molecule has 2 heteroatoms. The predicted molar refractivity (Wildman–Crippen MR) is 75.3 cm³/mol. The van der Waals surface area contributed by atoms with Crippen molar-refractivity contribution < 1.29 is 4.84 Å². The third-order valence-electron chi connectivity index (χ3n) is 3.73. The lowest BCUT2D eigenvalue weighted by Gasteiger charge is -2.18. The van der Waals surface area contributed by atoms with Gasteiger partial charge >= 0.3 is 0 Å². The van der Waals surface area contributed by atoms with Crippen molar-refractivity contribution >= 4 is 0 Å². The molecular weight excluding hydrogens is 222 g/mol. The fraction of sp³-hybridized carbons (Fsp3) is 0.625. The minimum Gasteiger partial charge on any atom is -0.298 e. The van der Waals surface area contributed by atoms with Crippen LogP contribution in [0.1, 0.15) is 63.1 Å². The Morgan fingerprint density at radius 1 is 1.22 bits per heavy atom. The van der Waals surface area contributed by atoms with Crippen molar-refractivity contribution in [2.45, 2.75) is 64.5 Å². The van der Waals surface area contributed by atoms with Crippen LogP contribution in [0.2, 0.25) is 0 Å². The molecular formula is C16H25NO. The third-order valence-corrected chi connectivity index (χ3v) is 3.73. The number of hydrogen-bond donors (Lipinski definition) is 1. The normalized spacial score (nSPS) is 18.1. The van der Waals surface area contributed by atoms with Gasteiger partial charge < -0.3 is 0 Å². The van der Waals surface area contributed by atoms with Crippen LogP contribution in [0, 0.1) is 0 Å². The molecule has 0 heterocycles. The van der Waals surface area contributed by atoms with Crippen LogP contribution in [-0.2, 0) is 11.3 Å². The number of aryl methyl sites for hydroxylation is 1. The van der Waals surface area contributed by atoms with E-state index >= 15 is 0 Å². The van der Waals surface area contributed by atoms with Crippen LogP contribution in [0.3, 0.4) is 0 Å². The van der Waals surface area contributed by atoms with E-state index in [9.17, 15) is 0 Å². The summed E-state index contributed by atoms with van der Waals surface area (Å²) >= 11 is 0. The summed E-state index contributed by atoms with van der Waals surface area (Å²) in [6, 6.07) is 9.14. The highest BCUT2D eigenvalue weighted by Crippen LogP contribution is 2.21. The van der Waals surface area contributed by atoms with Crippen molar-refractivity contribution in [1.29, 1.82) is 0 Å². The molecule has 0 aromatic heterocycles. The average molecular weight is 247 g/mol. The maximum absolute atomic E-state index is 5.75. The predicted octanol–water partition coefficient (Wildman–Crippen LogP) is 4.16. The molecule has 2 rings (SSSR count). The average Bonchev–Trinajstić information content (AvgIpc) is 2.90. The first kappa shape index (κ1) is 13.6. The molecule has 1 unspecified atom stereocenters. The molecule has 100 valence electrons. The molecule has 1 aliphatic carbocycles. The summed E-state index contributed by atoms with van der Waals surface area (Å²) in [7, 11) is 0. The zero-order valence-corrected chi connectivity index (χ0v) is 11.6. The summed E-state index contributed by atoms with van der Waals surface area (Å²) < 4.78 is 0. The largest absolute Gasteiger partial charge is 0.298 e. The highest BCUT2D eigenvalue weighted by atomic mass is 16.7. The van der Waals surface area contributed by atoms with Gasteiger partial charge in [0.1, 0.15) is 0 Å². The van der Waals surface area contributed by atoms with E-state index in [0.717, 1.165) is 0 Å². The summed E-state index contributed by atoms with van der Waals surface area (Å²) in [6.45, 7) is 4.37. The van der Waals surface area contributed by atoms with Crippen LogP contribution in [0.5, 0.6) is 0 Å². The first-order valence-electron chi connectivity index (χ1n) is 7.29. The Kier molecular flexibility index (Phi) is 5.21. The summed E-state index contributed by atoms with van der Waals surface area (Å²) in [5.41, 5.74) is 5.91. The van der Waals surface area contributed by atoms with E-state index in [1.165, 1.54) is 49.7 Å². The van der Waals surface area contributed by atoms with Gasteiger partial charge in [-0.05, 0) is 37.3 Å². The Labute approximate surface area is 111 Å². The summed E-state index contributed by atoms with van der Waals surface area (Å²) in [5, 5.41) is 0. The van der Waals surface area contributed by atoms with Crippen molar-refractivity contribution in [3.8, 4) is 0 Å². The van der Waals surface area contributed by atoms with Gasteiger partial charge in [-0.3, -0.25) is 4.84 Å². The van der Waals surface area contributed by atoms with E-state index in [2.05, 4.69) is 43.6 Å². The highest BCUT2D eigenvalue weighted by Gasteiger charge is 2.16. The molecule has 0 radical (unpaired) electrons. The smallest absolute Gasteiger partial charge is 0.0790 e. The van der Waals surface area contributed by atoms with Crippen molar-refractivity contribution in [2.75, 3.05) is 0 Å². The maximum Gasteiger partial charge on any atom is 0.0790 e. The molecule has 1 N–H and O–H groups in total. The maximum atomic E-state index is 5.75. The Morgan fingerprint density at radius 2 is 1.89 bits per heavy atom. The highest BCUT2D eigenvalue weighted by molar-refractivity contribution is 5.24. The molecule has 1 aromatic rings. The van der Waals surface area contributed by atoms with Gasteiger partial charge in [0.05, 0.1) is 12.1 Å². The van der Waals surface area contributed by atoms with E-state index in [-0.39, 0.29) is 6.04 Å². The van der Waals surface area contributed by atoms with Gasteiger partial charge in [-0.1, -0.05) is 50.5 Å². The lowest BCUT2D eigenvalue weighted by molar-refractivity contribution is -0.0376. The molecule has 1 saturated carbocycles. The number of hydrogen-bond acceptors (Lipinski definition) is 2. The van der Waals surface area contributed by atoms with Crippen molar-refractivity contribution in [3.63, 3.8) is 0 Å². The fourth-order valence-corrected chi connectivity index (χ4v) is 2.53. The molecule has 0 bridgehead atoms. The quantitative estimate of drug-likeness (QED) is 0.762. The van der Waals surface area contributed by atoms with E-state index in [1.54, 1.807) is 0 Å². The van der Waals surface area contributed by atoms with E-state index in [1.807, 2.05) is 0 Å². The molecule has 0 amide bonds. The lowest BCUT2D eigenvalue weighted by atomic mass is 10.0. The van der Waals surface area contributed by atoms with Gasteiger partial charge in [0.2, 0.25) is 0 Å². The standard InChI is InChI=1S/C16H25NO/c1-3-6-14-9-11-15(12-10-14)13(2)17-18-16-7-4-5-8-16/h9-13,16-17H,3-8H2,1-2H3. The number of benzene rings is 1. The van der Waals surface area contributed by atoms with Crippen LogP contribution < -0.4 is 5.48 Å². The topological polar surface area (TPSA) is 21.3 Å². The molecule has 1 aliphatic rings.